The van der Waals surface area contributed by atoms with E-state index >= 15 is 0 Å². The molecule has 0 aliphatic carbocycles. The minimum atomic E-state index is -1.11. The zero-order valence-corrected chi connectivity index (χ0v) is 9.99. The molecule has 6 heteroatoms. The first-order valence-electron chi connectivity index (χ1n) is 5.04. The summed E-state index contributed by atoms with van der Waals surface area (Å²) in [4.78, 5) is 22.3. The number of carbonyl (C=O) groups excluding carboxylic acids is 1. The van der Waals surface area contributed by atoms with E-state index in [9.17, 15) is 9.59 Å². The monoisotopic (exact) mass is 256 g/mol. The predicted octanol–water partition coefficient (Wildman–Crippen LogP) is 1.71. The number of nitrogens with one attached hydrogen (secondary N) is 1. The van der Waals surface area contributed by atoms with Crippen molar-refractivity contribution >= 4 is 29.2 Å². The molecule has 17 heavy (non-hydrogen) atoms. The number of benzene rings is 1. The summed E-state index contributed by atoms with van der Waals surface area (Å²) < 4.78 is 0. The molecule has 4 N–H and O–H groups in total. The first-order chi connectivity index (χ1) is 7.93. The maximum atomic E-state index is 11.5. The van der Waals surface area contributed by atoms with Crippen LogP contribution in [-0.4, -0.2) is 23.0 Å². The van der Waals surface area contributed by atoms with Crippen molar-refractivity contribution in [1.82, 2.24) is 0 Å². The van der Waals surface area contributed by atoms with Crippen molar-refractivity contribution < 1.29 is 14.7 Å². The molecule has 0 aliphatic heterocycles. The third-order valence-electron chi connectivity index (χ3n) is 2.19. The first-order valence-corrected chi connectivity index (χ1v) is 5.42. The van der Waals surface area contributed by atoms with E-state index in [0.29, 0.717) is 12.1 Å². The second kappa shape index (κ2) is 5.65. The van der Waals surface area contributed by atoms with E-state index < -0.39 is 12.0 Å². The summed E-state index contributed by atoms with van der Waals surface area (Å²) in [6, 6.07) is 3.48. The molecule has 0 radical (unpaired) electrons. The highest BCUT2D eigenvalue weighted by Crippen LogP contribution is 2.19. The molecular weight excluding hydrogens is 244 g/mol. The number of amides is 1. The summed E-state index contributed by atoms with van der Waals surface area (Å²) >= 11 is 5.75. The third-order valence-corrected chi connectivity index (χ3v) is 2.41. The van der Waals surface area contributed by atoms with Crippen LogP contribution < -0.4 is 11.1 Å². The Morgan fingerprint density at radius 2 is 2.12 bits per heavy atom. The molecule has 0 unspecified atom stereocenters. The van der Waals surface area contributed by atoms with Crippen molar-refractivity contribution in [2.75, 3.05) is 5.32 Å². The Bertz CT molecular complexity index is 448. The van der Waals surface area contributed by atoms with Crippen LogP contribution in [0.2, 0.25) is 5.02 Å². The number of halogens is 1. The Kier molecular flexibility index (Phi) is 4.48. The smallest absolute Gasteiger partial charge is 0.335 e. The summed E-state index contributed by atoms with van der Waals surface area (Å²) in [6.45, 7) is 1.78. The van der Waals surface area contributed by atoms with Crippen LogP contribution >= 0.6 is 11.6 Å². The predicted molar refractivity (Wildman–Crippen MR) is 65.3 cm³/mol. The van der Waals surface area contributed by atoms with Gasteiger partial charge in [-0.25, -0.2) is 4.79 Å². The molecule has 0 heterocycles. The molecule has 1 amide bonds. The summed E-state index contributed by atoms with van der Waals surface area (Å²) in [5.74, 6) is -1.48. The van der Waals surface area contributed by atoms with Gasteiger partial charge in [0.25, 0.3) is 0 Å². The number of hydrogen-bond donors (Lipinski definition) is 3. The van der Waals surface area contributed by atoms with Gasteiger partial charge < -0.3 is 16.2 Å². The number of carbonyl (C=O) groups is 2. The molecule has 0 bridgehead atoms. The second-order valence-corrected chi connectivity index (χ2v) is 3.97. The zero-order valence-electron chi connectivity index (χ0n) is 9.24. The molecule has 0 saturated carbocycles. The second-order valence-electron chi connectivity index (χ2n) is 3.54. The van der Waals surface area contributed by atoms with Crippen molar-refractivity contribution in [2.24, 2.45) is 5.73 Å². The van der Waals surface area contributed by atoms with Crippen molar-refractivity contribution in [2.45, 2.75) is 19.4 Å². The number of carboxylic acids is 1. The molecule has 92 valence electrons. The Balaban J connectivity index is 2.92. The molecular formula is C11H13ClN2O3. The van der Waals surface area contributed by atoms with E-state index in [4.69, 9.17) is 22.4 Å². The molecule has 1 atom stereocenters. The van der Waals surface area contributed by atoms with Crippen LogP contribution in [0, 0.1) is 0 Å². The van der Waals surface area contributed by atoms with Crippen LogP contribution in [0.15, 0.2) is 18.2 Å². The maximum absolute atomic E-state index is 11.5. The van der Waals surface area contributed by atoms with E-state index in [-0.39, 0.29) is 16.5 Å². The van der Waals surface area contributed by atoms with Gasteiger partial charge in [-0.15, -0.1) is 0 Å². The van der Waals surface area contributed by atoms with Gasteiger partial charge in [0, 0.05) is 10.7 Å². The lowest BCUT2D eigenvalue weighted by atomic mass is 10.2. The molecule has 1 aromatic rings. The molecule has 0 fully saturated rings. The van der Waals surface area contributed by atoms with Crippen LogP contribution in [0.25, 0.3) is 0 Å². The van der Waals surface area contributed by atoms with Crippen LogP contribution in [0.1, 0.15) is 23.7 Å². The number of carboxylic acid groups (broad SMARTS) is 1. The largest absolute Gasteiger partial charge is 0.478 e. The van der Waals surface area contributed by atoms with Gasteiger partial charge in [0.05, 0.1) is 11.6 Å². The number of rotatable bonds is 4. The van der Waals surface area contributed by atoms with Crippen molar-refractivity contribution in [3.05, 3.63) is 28.8 Å². The topological polar surface area (TPSA) is 92.4 Å². The van der Waals surface area contributed by atoms with Gasteiger partial charge in [-0.2, -0.15) is 0 Å². The van der Waals surface area contributed by atoms with Crippen LogP contribution in [0.4, 0.5) is 5.69 Å². The Labute approximate surface area is 104 Å². The lowest BCUT2D eigenvalue weighted by molar-refractivity contribution is -0.117. The van der Waals surface area contributed by atoms with Gasteiger partial charge in [0.1, 0.15) is 0 Å². The maximum Gasteiger partial charge on any atom is 0.335 e. The zero-order chi connectivity index (χ0) is 13.0. The fraction of sp³-hybridized carbons (Fsp3) is 0.273. The van der Waals surface area contributed by atoms with Crippen molar-refractivity contribution in [3.63, 3.8) is 0 Å². The Morgan fingerprint density at radius 1 is 1.47 bits per heavy atom. The molecule has 0 aliphatic rings. The van der Waals surface area contributed by atoms with E-state index in [1.165, 1.54) is 18.2 Å². The number of aromatic carboxylic acids is 1. The minimum absolute atomic E-state index is 0.0119. The molecule has 5 nitrogen and oxygen atoms in total. The van der Waals surface area contributed by atoms with Crippen LogP contribution in [0.5, 0.6) is 0 Å². The van der Waals surface area contributed by atoms with E-state index in [1.54, 1.807) is 6.92 Å². The van der Waals surface area contributed by atoms with Crippen LogP contribution in [-0.2, 0) is 4.79 Å². The number of anilines is 1. The fourth-order valence-electron chi connectivity index (χ4n) is 1.21. The fourth-order valence-corrected chi connectivity index (χ4v) is 1.44. The molecule has 0 saturated heterocycles. The van der Waals surface area contributed by atoms with Gasteiger partial charge >= 0.3 is 5.97 Å². The van der Waals surface area contributed by atoms with Gasteiger partial charge in [-0.1, -0.05) is 18.5 Å². The summed E-state index contributed by atoms with van der Waals surface area (Å²) in [5.41, 5.74) is 5.87. The van der Waals surface area contributed by atoms with E-state index in [2.05, 4.69) is 5.32 Å². The van der Waals surface area contributed by atoms with E-state index in [0.717, 1.165) is 0 Å². The summed E-state index contributed by atoms with van der Waals surface area (Å²) in [5, 5.41) is 11.6. The van der Waals surface area contributed by atoms with Gasteiger partial charge in [-0.3, -0.25) is 4.79 Å². The quantitative estimate of drug-likeness (QED) is 0.765. The highest BCUT2D eigenvalue weighted by Gasteiger charge is 2.13. The van der Waals surface area contributed by atoms with Crippen molar-refractivity contribution in [3.8, 4) is 0 Å². The minimum Gasteiger partial charge on any atom is -0.478 e. The Morgan fingerprint density at radius 3 is 2.65 bits per heavy atom. The third kappa shape index (κ3) is 3.72. The first kappa shape index (κ1) is 13.5. The lowest BCUT2D eigenvalue weighted by Gasteiger charge is -2.10. The molecule has 0 aromatic heterocycles. The van der Waals surface area contributed by atoms with E-state index in [1.807, 2.05) is 0 Å². The van der Waals surface area contributed by atoms with Crippen LogP contribution in [0.3, 0.4) is 0 Å². The molecule has 1 rings (SSSR count). The van der Waals surface area contributed by atoms with Gasteiger partial charge in [-0.05, 0) is 24.6 Å². The summed E-state index contributed by atoms with van der Waals surface area (Å²) in [6.07, 6.45) is 0.498. The van der Waals surface area contributed by atoms with Gasteiger partial charge in [0.2, 0.25) is 5.91 Å². The highest BCUT2D eigenvalue weighted by atomic mass is 35.5. The average Bonchev–Trinajstić information content (AvgIpc) is 2.26. The lowest BCUT2D eigenvalue weighted by Crippen LogP contribution is -2.34. The Hall–Kier alpha value is -1.59. The average molecular weight is 257 g/mol. The van der Waals surface area contributed by atoms with Crippen molar-refractivity contribution in [1.29, 1.82) is 0 Å². The SMILES string of the molecule is CC[C@H](N)C(=O)Nc1cc(Cl)cc(C(=O)O)c1. The molecule has 1 aromatic carbocycles. The number of nitrogens with two attached hydrogens (primary N) is 1. The normalized spacial score (nSPS) is 11.9. The van der Waals surface area contributed by atoms with Gasteiger partial charge in [0.15, 0.2) is 0 Å². The molecule has 0 spiro atoms. The highest BCUT2D eigenvalue weighted by molar-refractivity contribution is 6.31. The standard InChI is InChI=1S/C11H13ClN2O3/c1-2-9(13)10(15)14-8-4-6(11(16)17)3-7(12)5-8/h3-5,9H,2,13H2,1H3,(H,14,15)(H,16,17)/t9-/m0/s1. The summed E-state index contributed by atoms with van der Waals surface area (Å²) in [7, 11) is 0. The number of hydrogen-bond acceptors (Lipinski definition) is 3.